The molecule has 4 rings (SSSR count). The highest BCUT2D eigenvalue weighted by molar-refractivity contribution is 9.10. The molecule has 0 saturated carbocycles. The van der Waals surface area contributed by atoms with Gasteiger partial charge in [0, 0.05) is 15.1 Å². The van der Waals surface area contributed by atoms with Crippen molar-refractivity contribution in [2.75, 3.05) is 10.8 Å². The number of sulfonamides is 1. The molecule has 0 aliphatic carbocycles. The topological polar surface area (TPSA) is 88.1 Å². The molecular formula is C28H23BrClN3O4S. The standard InChI is InChI=1S/C28H23BrClN3O4S/c29-23-8-6-9-24(17-23)33(38(35,36)26-10-2-1-3-11-26)19-28(34)32-31-18-21-13-15-25(16-14-21)37-20-22-7-4-5-12-27(22)30/h1-18H,19-20H2,(H,32,34)/b31-18-. The zero-order valence-corrected chi connectivity index (χ0v) is 23.2. The number of halogens is 2. The van der Waals surface area contributed by atoms with Crippen molar-refractivity contribution in [2.45, 2.75) is 11.5 Å². The average molecular weight is 613 g/mol. The van der Waals surface area contributed by atoms with Gasteiger partial charge in [0.2, 0.25) is 0 Å². The van der Waals surface area contributed by atoms with Crippen LogP contribution in [-0.4, -0.2) is 27.1 Å². The largest absolute Gasteiger partial charge is 0.489 e. The SMILES string of the molecule is O=C(CN(c1cccc(Br)c1)S(=O)(=O)c1ccccc1)N/N=C\c1ccc(OCc2ccccc2Cl)cc1. The maximum atomic E-state index is 13.3. The molecule has 0 spiro atoms. The summed E-state index contributed by atoms with van der Waals surface area (Å²) in [7, 11) is -4.00. The van der Waals surface area contributed by atoms with Gasteiger partial charge in [-0.3, -0.25) is 9.10 Å². The van der Waals surface area contributed by atoms with Gasteiger partial charge in [-0.05, 0) is 66.2 Å². The van der Waals surface area contributed by atoms with Crippen LogP contribution < -0.4 is 14.5 Å². The van der Waals surface area contributed by atoms with Crippen LogP contribution in [0.15, 0.2) is 118 Å². The van der Waals surface area contributed by atoms with Crippen molar-refractivity contribution in [3.05, 3.63) is 124 Å². The van der Waals surface area contributed by atoms with Crippen LogP contribution in [-0.2, 0) is 21.4 Å². The first kappa shape index (κ1) is 27.4. The first-order valence-corrected chi connectivity index (χ1v) is 14.1. The first-order valence-electron chi connectivity index (χ1n) is 11.4. The molecule has 0 bridgehead atoms. The number of ether oxygens (including phenoxy) is 1. The molecule has 10 heteroatoms. The normalized spacial score (nSPS) is 11.3. The van der Waals surface area contributed by atoms with Crippen LogP contribution >= 0.6 is 27.5 Å². The number of rotatable bonds is 10. The lowest BCUT2D eigenvalue weighted by atomic mass is 10.2. The summed E-state index contributed by atoms with van der Waals surface area (Å²) < 4.78 is 34.2. The number of benzene rings is 4. The van der Waals surface area contributed by atoms with Crippen LogP contribution in [0.5, 0.6) is 5.75 Å². The fourth-order valence-electron chi connectivity index (χ4n) is 3.44. The molecule has 194 valence electrons. The van der Waals surface area contributed by atoms with Crippen LogP contribution in [0.1, 0.15) is 11.1 Å². The minimum absolute atomic E-state index is 0.0770. The van der Waals surface area contributed by atoms with Crippen molar-refractivity contribution in [1.82, 2.24) is 5.43 Å². The van der Waals surface area contributed by atoms with Crippen molar-refractivity contribution in [2.24, 2.45) is 5.10 Å². The Morgan fingerprint density at radius 3 is 2.37 bits per heavy atom. The van der Waals surface area contributed by atoms with Crippen molar-refractivity contribution in [3.8, 4) is 5.75 Å². The summed E-state index contributed by atoms with van der Waals surface area (Å²) in [6.45, 7) is -0.122. The van der Waals surface area contributed by atoms with E-state index < -0.39 is 22.5 Å². The molecule has 0 saturated heterocycles. The monoisotopic (exact) mass is 611 g/mol. The third-order valence-electron chi connectivity index (χ3n) is 5.35. The molecule has 0 unspecified atom stereocenters. The van der Waals surface area contributed by atoms with Crippen LogP contribution in [0, 0.1) is 0 Å². The number of amides is 1. The van der Waals surface area contributed by atoms with Crippen LogP contribution in [0.3, 0.4) is 0 Å². The summed E-state index contributed by atoms with van der Waals surface area (Å²) in [6.07, 6.45) is 1.46. The average Bonchev–Trinajstić information content (AvgIpc) is 2.92. The van der Waals surface area contributed by atoms with E-state index in [1.165, 1.54) is 18.3 Å². The van der Waals surface area contributed by atoms with Gasteiger partial charge in [0.15, 0.2) is 0 Å². The third kappa shape index (κ3) is 7.22. The number of nitrogens with zero attached hydrogens (tertiary/aromatic N) is 2. The maximum Gasteiger partial charge on any atom is 0.264 e. The molecule has 4 aromatic rings. The number of anilines is 1. The van der Waals surface area contributed by atoms with E-state index >= 15 is 0 Å². The molecule has 38 heavy (non-hydrogen) atoms. The number of hydrogen-bond acceptors (Lipinski definition) is 5. The minimum atomic E-state index is -4.00. The zero-order valence-electron chi connectivity index (χ0n) is 20.0. The second-order valence-electron chi connectivity index (χ2n) is 8.05. The molecular weight excluding hydrogens is 590 g/mol. The van der Waals surface area contributed by atoms with Gasteiger partial charge in [0.05, 0.1) is 16.8 Å². The van der Waals surface area contributed by atoms with Crippen molar-refractivity contribution in [3.63, 3.8) is 0 Å². The maximum absolute atomic E-state index is 13.3. The Labute approximate surface area is 234 Å². The number of hydrogen-bond donors (Lipinski definition) is 1. The van der Waals surface area contributed by atoms with Crippen molar-refractivity contribution < 1.29 is 17.9 Å². The van der Waals surface area contributed by atoms with E-state index in [0.29, 0.717) is 27.5 Å². The lowest BCUT2D eigenvalue weighted by molar-refractivity contribution is -0.119. The molecule has 7 nitrogen and oxygen atoms in total. The van der Waals surface area contributed by atoms with E-state index in [1.54, 1.807) is 66.7 Å². The molecule has 0 aromatic heterocycles. The van der Waals surface area contributed by atoms with Gasteiger partial charge < -0.3 is 4.74 Å². The van der Waals surface area contributed by atoms with Gasteiger partial charge in [-0.25, -0.2) is 13.8 Å². The van der Waals surface area contributed by atoms with E-state index in [0.717, 1.165) is 15.4 Å². The summed E-state index contributed by atoms with van der Waals surface area (Å²) in [6, 6.07) is 29.3. The Bertz CT molecular complexity index is 1530. The smallest absolute Gasteiger partial charge is 0.264 e. The Morgan fingerprint density at radius 2 is 1.66 bits per heavy atom. The van der Waals surface area contributed by atoms with Gasteiger partial charge in [-0.2, -0.15) is 5.10 Å². The Kier molecular flexibility index (Phi) is 9.17. The van der Waals surface area contributed by atoms with Gasteiger partial charge in [0.1, 0.15) is 18.9 Å². The quantitative estimate of drug-likeness (QED) is 0.175. The van der Waals surface area contributed by atoms with E-state index in [4.69, 9.17) is 16.3 Å². The Morgan fingerprint density at radius 1 is 0.947 bits per heavy atom. The molecule has 4 aromatic carbocycles. The number of nitrogens with one attached hydrogen (secondary N) is 1. The predicted octanol–water partition coefficient (Wildman–Crippen LogP) is 6.03. The summed E-state index contributed by atoms with van der Waals surface area (Å²) in [4.78, 5) is 12.8. The molecule has 1 amide bonds. The van der Waals surface area contributed by atoms with Crippen molar-refractivity contribution in [1.29, 1.82) is 0 Å². The molecule has 0 fully saturated rings. The lowest BCUT2D eigenvalue weighted by Crippen LogP contribution is -2.39. The first-order chi connectivity index (χ1) is 18.3. The molecule has 0 aliphatic heterocycles. The highest BCUT2D eigenvalue weighted by Gasteiger charge is 2.27. The van der Waals surface area contributed by atoms with Crippen LogP contribution in [0.4, 0.5) is 5.69 Å². The van der Waals surface area contributed by atoms with Gasteiger partial charge in [-0.1, -0.05) is 70.0 Å². The highest BCUT2D eigenvalue weighted by Crippen LogP contribution is 2.26. The molecule has 0 heterocycles. The van der Waals surface area contributed by atoms with E-state index in [9.17, 15) is 13.2 Å². The zero-order chi connectivity index (χ0) is 27.0. The summed E-state index contributed by atoms with van der Waals surface area (Å²) in [5.74, 6) is 0.0577. The molecule has 1 N–H and O–H groups in total. The predicted molar refractivity (Wildman–Crippen MR) is 153 cm³/mol. The van der Waals surface area contributed by atoms with Crippen LogP contribution in [0.25, 0.3) is 0 Å². The van der Waals surface area contributed by atoms with Crippen molar-refractivity contribution >= 4 is 55.4 Å². The van der Waals surface area contributed by atoms with Crippen LogP contribution in [0.2, 0.25) is 5.02 Å². The second kappa shape index (κ2) is 12.7. The van der Waals surface area contributed by atoms with Gasteiger partial charge in [0.25, 0.3) is 15.9 Å². The number of carbonyl (C=O) groups excluding carboxylic acids is 1. The molecule has 0 aliphatic rings. The summed E-state index contributed by atoms with van der Waals surface area (Å²) >= 11 is 9.51. The number of carbonyl (C=O) groups is 1. The lowest BCUT2D eigenvalue weighted by Gasteiger charge is -2.23. The molecule has 0 radical (unpaired) electrons. The van der Waals surface area contributed by atoms with E-state index in [1.807, 2.05) is 24.3 Å². The Hall–Kier alpha value is -3.66. The second-order valence-corrected chi connectivity index (χ2v) is 11.2. The third-order valence-corrected chi connectivity index (χ3v) is 8.00. The minimum Gasteiger partial charge on any atom is -0.489 e. The highest BCUT2D eigenvalue weighted by atomic mass is 79.9. The number of hydrazone groups is 1. The van der Waals surface area contributed by atoms with E-state index in [2.05, 4.69) is 26.5 Å². The van der Waals surface area contributed by atoms with Gasteiger partial charge >= 0.3 is 0 Å². The van der Waals surface area contributed by atoms with Gasteiger partial charge in [-0.15, -0.1) is 0 Å². The Balaban J connectivity index is 1.40. The fourth-order valence-corrected chi connectivity index (χ4v) is 5.45. The van der Waals surface area contributed by atoms with E-state index in [-0.39, 0.29) is 4.90 Å². The molecule has 0 atom stereocenters. The summed E-state index contributed by atoms with van der Waals surface area (Å²) in [5, 5.41) is 4.62. The fraction of sp³-hybridized carbons (Fsp3) is 0.0714. The summed E-state index contributed by atoms with van der Waals surface area (Å²) in [5.41, 5.74) is 4.35.